The summed E-state index contributed by atoms with van der Waals surface area (Å²) >= 11 is 11.0. The van der Waals surface area contributed by atoms with Crippen LogP contribution in [0.4, 0.5) is 109 Å². The lowest BCUT2D eigenvalue weighted by atomic mass is 10.2. The molecule has 44 heteroatoms. The van der Waals surface area contributed by atoms with E-state index in [1.165, 1.54) is 118 Å². The molecule has 0 atom stereocenters. The molecule has 2 aromatic carbocycles. The maximum Gasteiger partial charge on any atom is 0.433 e. The number of carbonyl (C=O) groups is 2. The number of carbonyl (C=O) groups excluding carboxylic acids is 2. The van der Waals surface area contributed by atoms with Crippen molar-refractivity contribution in [3.63, 3.8) is 0 Å². The molecule has 0 fully saturated rings. The number of alkyl halides is 9. The Morgan fingerprint density at radius 2 is 0.812 bits per heavy atom. The van der Waals surface area contributed by atoms with Gasteiger partial charge in [0.25, 0.3) is 0 Å². The fraction of sp³-hybridized carbons (Fsp3) is 0.123. The number of imidazole rings is 3. The lowest BCUT2D eigenvalue weighted by molar-refractivity contribution is -0.141. The lowest BCUT2D eigenvalue weighted by Gasteiger charge is -2.12. The number of hydrogen-bond acceptors (Lipinski definition) is 24. The summed E-state index contributed by atoms with van der Waals surface area (Å²) in [5.74, 6) is -3.82. The Morgan fingerprint density at radius 3 is 1.21 bits per heavy atom. The van der Waals surface area contributed by atoms with E-state index in [0.717, 1.165) is 29.3 Å². The zero-order valence-corrected chi connectivity index (χ0v) is 61.5. The average molecular weight is 1660 g/mol. The molecule has 2 amide bonds. The number of amides is 2. The van der Waals surface area contributed by atoms with Crippen molar-refractivity contribution >= 4 is 120 Å². The number of fused-ring (bicyclic) bond motifs is 3. The van der Waals surface area contributed by atoms with Crippen LogP contribution in [0.2, 0.25) is 10.3 Å². The number of H-pyrrole nitrogens is 1. The Kier molecular flexibility index (Phi) is 24.5. The average Bonchev–Trinajstić information content (AvgIpc) is 1.65. The molecule has 0 aliphatic carbocycles. The molecular formula is C73H52Cl2F13N25O4. The molecule has 0 aliphatic heterocycles. The molecule has 0 unspecified atom stereocenters. The van der Waals surface area contributed by atoms with Gasteiger partial charge in [-0.05, 0) is 96.1 Å². The predicted octanol–water partition coefficient (Wildman–Crippen LogP) is 16.2. The van der Waals surface area contributed by atoms with Gasteiger partial charge in [0.05, 0.1) is 69.0 Å². The van der Waals surface area contributed by atoms with Crippen LogP contribution in [0.1, 0.15) is 42.1 Å². The van der Waals surface area contributed by atoms with E-state index < -0.39 is 70.7 Å². The topological polar surface area (TPSA) is 371 Å². The first-order valence-electron chi connectivity index (χ1n) is 33.4. The van der Waals surface area contributed by atoms with Crippen LogP contribution in [0.15, 0.2) is 171 Å². The van der Waals surface area contributed by atoms with E-state index in [9.17, 15) is 62.3 Å². The zero-order chi connectivity index (χ0) is 83.6. The molecule has 8 N–H and O–H groups in total. The van der Waals surface area contributed by atoms with E-state index in [2.05, 4.69) is 111 Å². The second-order valence-electron chi connectivity index (χ2n) is 24.0. The standard InChI is InChI=1S/C26H20F4N8O2.C24H16ClF4N7O.C18H12F4N8O.C5H4ClFN2/c1-14(39)33-23-20(27)17(10-11-31-23)35-24-21-25(38(13-32-21)12-15-6-8-16(40-2)9-7-15)37-22(36-24)18-4-3-5-19(34-18)26(28,29)30;1-37-14-7-5-13(6-8-14)11-36-12-31-19-22(33-15-9-10-30-20(25)18(15)26)34-21(35-23(19)36)16-3-2-4-17(32-16)24(27,28)29;1-8(31)26-15-12(19)9(5-6-23-15)28-17-13-16(25-7-24-13)29-14(30-17)10-3-2-4-11(27-10)18(20,21)22;6-5-4(7)3(8)1-2-9-5/h3-11,13H,12H2,1-2H3,(H2,31,33,35,36,37,39);2-10,12H,11H2,1H3,(H,30,33,34,35);2-7H,1H3,(H3,23,24,25,26,28,29,30,31);1-2H,(H2,8,9). The molecule has 0 bridgehead atoms. The summed E-state index contributed by atoms with van der Waals surface area (Å²) in [5, 5.41) is 12.4. The van der Waals surface area contributed by atoms with Crippen molar-refractivity contribution in [2.75, 3.05) is 46.5 Å². The van der Waals surface area contributed by atoms with Crippen LogP contribution in [0, 0.1) is 23.3 Å². The quantitative estimate of drug-likeness (QED) is 0.0329. The van der Waals surface area contributed by atoms with Crippen molar-refractivity contribution in [2.45, 2.75) is 45.5 Å². The summed E-state index contributed by atoms with van der Waals surface area (Å²) < 4.78 is 190. The van der Waals surface area contributed by atoms with E-state index in [1.807, 2.05) is 24.3 Å². The third-order valence-corrected chi connectivity index (χ3v) is 16.4. The van der Waals surface area contributed by atoms with Crippen LogP contribution in [0.5, 0.6) is 11.5 Å². The van der Waals surface area contributed by atoms with Crippen molar-refractivity contribution < 1.29 is 76.1 Å². The molecular weight excluding hydrogens is 1610 g/mol. The molecule has 598 valence electrons. The summed E-state index contributed by atoms with van der Waals surface area (Å²) in [6.45, 7) is 3.05. The van der Waals surface area contributed by atoms with Gasteiger partial charge in [0.2, 0.25) is 11.8 Å². The Morgan fingerprint density at radius 1 is 0.436 bits per heavy atom. The Hall–Kier alpha value is -14.5. The normalized spacial score (nSPS) is 11.4. The van der Waals surface area contributed by atoms with Crippen LogP contribution in [-0.2, 0) is 41.2 Å². The van der Waals surface area contributed by atoms with E-state index in [-0.39, 0.29) is 125 Å². The van der Waals surface area contributed by atoms with Crippen LogP contribution in [-0.4, -0.2) is 120 Å². The minimum atomic E-state index is -4.68. The number of methoxy groups -OCH3 is 2. The molecule has 117 heavy (non-hydrogen) atoms. The van der Waals surface area contributed by atoms with E-state index >= 15 is 4.39 Å². The van der Waals surface area contributed by atoms with Gasteiger partial charge in [-0.15, -0.1) is 0 Å². The number of aromatic nitrogens is 19. The molecule has 0 spiro atoms. The van der Waals surface area contributed by atoms with Crippen LogP contribution < -0.4 is 41.8 Å². The number of nitrogens with one attached hydrogen (secondary N) is 6. The number of nitrogen functional groups attached to an aromatic ring is 1. The number of nitrogens with zero attached hydrogens (tertiary/aromatic N) is 18. The molecule has 15 rings (SSSR count). The molecule has 0 aliphatic rings. The fourth-order valence-corrected chi connectivity index (χ4v) is 10.8. The SMILES string of the molecule is CC(=O)Nc1nccc(Nc2nc(-c3cccc(C(F)(F)F)n3)nc3nc[nH]c23)c1F.COc1ccc(Cn2cnc3c(Nc4ccnc(Cl)c4F)nc(-c4cccc(C(F)(F)F)n4)nc32)cc1.COc1ccc(Cn2cnc3c(Nc4ccnc(NC(C)=O)c4F)nc(-c4cccc(C(F)(F)F)n4)nc32)cc1.Nc1ccnc(Cl)c1F. The molecule has 29 nitrogen and oxygen atoms in total. The van der Waals surface area contributed by atoms with Gasteiger partial charge in [-0.3, -0.25) is 9.59 Å². The maximum absolute atomic E-state index is 15.1. The Balaban J connectivity index is 0.000000154. The van der Waals surface area contributed by atoms with Gasteiger partial charge in [0.15, 0.2) is 108 Å². The van der Waals surface area contributed by atoms with Gasteiger partial charge in [0.1, 0.15) is 51.2 Å². The van der Waals surface area contributed by atoms with Crippen LogP contribution in [0.3, 0.4) is 0 Å². The van der Waals surface area contributed by atoms with E-state index in [0.29, 0.717) is 30.2 Å². The van der Waals surface area contributed by atoms with Gasteiger partial charge >= 0.3 is 18.5 Å². The van der Waals surface area contributed by atoms with Crippen molar-refractivity contribution in [3.05, 3.63) is 233 Å². The highest BCUT2D eigenvalue weighted by atomic mass is 35.5. The largest absolute Gasteiger partial charge is 0.497 e. The number of benzene rings is 2. The highest BCUT2D eigenvalue weighted by molar-refractivity contribution is 6.30. The number of anilines is 9. The number of aromatic amines is 1. The number of pyridine rings is 7. The molecule has 0 saturated heterocycles. The molecule has 0 radical (unpaired) electrons. The number of ether oxygens (including phenoxy) is 2. The second-order valence-corrected chi connectivity index (χ2v) is 24.8. The van der Waals surface area contributed by atoms with Crippen LogP contribution >= 0.6 is 23.2 Å². The third kappa shape index (κ3) is 19.8. The lowest BCUT2D eigenvalue weighted by Crippen LogP contribution is -2.11. The predicted molar refractivity (Wildman–Crippen MR) is 401 cm³/mol. The first-order valence-corrected chi connectivity index (χ1v) is 34.1. The van der Waals surface area contributed by atoms with Gasteiger partial charge in [-0.1, -0.05) is 65.7 Å². The van der Waals surface area contributed by atoms with Crippen molar-refractivity contribution in [2.24, 2.45) is 0 Å². The summed E-state index contributed by atoms with van der Waals surface area (Å²) in [5.41, 5.74) is 4.39. The van der Waals surface area contributed by atoms with Crippen LogP contribution in [0.25, 0.3) is 68.0 Å². The van der Waals surface area contributed by atoms with Gasteiger partial charge < -0.3 is 55.9 Å². The Bertz CT molecular complexity index is 6140. The highest BCUT2D eigenvalue weighted by Gasteiger charge is 2.36. The molecule has 0 saturated carbocycles. The summed E-state index contributed by atoms with van der Waals surface area (Å²) in [6.07, 6.45) is -4.51. The monoisotopic (exact) mass is 1660 g/mol. The third-order valence-electron chi connectivity index (χ3n) is 15.9. The number of nitrogens with two attached hydrogens (primary N) is 1. The maximum atomic E-state index is 15.1. The second kappa shape index (κ2) is 34.9. The van der Waals surface area contributed by atoms with Gasteiger partial charge in [0, 0.05) is 38.6 Å². The first-order chi connectivity index (χ1) is 55.8. The zero-order valence-electron chi connectivity index (χ0n) is 60.0. The first kappa shape index (κ1) is 82.0. The Labute approximate surface area is 658 Å². The molecule has 13 heterocycles. The van der Waals surface area contributed by atoms with Gasteiger partial charge in [-0.25, -0.2) is 97.3 Å². The summed E-state index contributed by atoms with van der Waals surface area (Å²) in [6, 6.07) is 30.0. The minimum absolute atomic E-state index is 0.00608. The van der Waals surface area contributed by atoms with Crippen molar-refractivity contribution in [1.29, 1.82) is 0 Å². The molecule has 13 aromatic heterocycles. The number of hydrogen-bond donors (Lipinski definition) is 7. The molecule has 15 aromatic rings. The van der Waals surface area contributed by atoms with Crippen molar-refractivity contribution in [1.82, 2.24) is 93.9 Å². The highest BCUT2D eigenvalue weighted by Crippen LogP contribution is 2.37. The van der Waals surface area contributed by atoms with E-state index in [4.69, 9.17) is 38.4 Å². The van der Waals surface area contributed by atoms with Crippen molar-refractivity contribution in [3.8, 4) is 46.1 Å². The smallest absolute Gasteiger partial charge is 0.433 e. The minimum Gasteiger partial charge on any atom is -0.497 e. The fourth-order valence-electron chi connectivity index (χ4n) is 10.5. The van der Waals surface area contributed by atoms with E-state index in [1.54, 1.807) is 47.6 Å². The summed E-state index contributed by atoms with van der Waals surface area (Å²) in [7, 11) is 3.12. The van der Waals surface area contributed by atoms with Gasteiger partial charge in [-0.2, -0.15) is 39.5 Å². The summed E-state index contributed by atoms with van der Waals surface area (Å²) in [4.78, 5) is 89.8. The number of halogens is 15. The number of rotatable bonds is 17.